The number of sulfone groups is 1. The molecule has 6 nitrogen and oxygen atoms in total. The summed E-state index contributed by atoms with van der Waals surface area (Å²) in [5, 5.41) is 2.29. The Morgan fingerprint density at radius 3 is 2.12 bits per heavy atom. The van der Waals surface area contributed by atoms with E-state index in [1.165, 1.54) is 24.3 Å². The summed E-state index contributed by atoms with van der Waals surface area (Å²) in [6.07, 6.45) is 0.826. The van der Waals surface area contributed by atoms with Gasteiger partial charge < -0.3 is 11.1 Å². The fourth-order valence-corrected chi connectivity index (χ4v) is 3.18. The molecule has 0 aliphatic rings. The van der Waals surface area contributed by atoms with Gasteiger partial charge in [-0.1, -0.05) is 35.9 Å². The second-order valence-corrected chi connectivity index (χ2v) is 6.95. The van der Waals surface area contributed by atoms with Crippen molar-refractivity contribution in [1.82, 2.24) is 5.32 Å². The molecule has 24 heavy (non-hydrogen) atoms. The molecule has 2 aromatic carbocycles. The van der Waals surface area contributed by atoms with Crippen LogP contribution in [0.1, 0.15) is 15.9 Å². The molecule has 0 atom stereocenters. The van der Waals surface area contributed by atoms with E-state index in [9.17, 15) is 18.0 Å². The number of hydrogen-bond donors (Lipinski definition) is 2. The van der Waals surface area contributed by atoms with Gasteiger partial charge in [0.05, 0.1) is 4.90 Å². The molecule has 2 amide bonds. The van der Waals surface area contributed by atoms with Crippen LogP contribution >= 0.6 is 0 Å². The van der Waals surface area contributed by atoms with Crippen LogP contribution in [0.5, 0.6) is 0 Å². The van der Waals surface area contributed by atoms with Crippen molar-refractivity contribution >= 4 is 21.7 Å². The molecule has 2 aromatic rings. The van der Waals surface area contributed by atoms with Gasteiger partial charge in [0.15, 0.2) is 4.91 Å². The van der Waals surface area contributed by atoms with Crippen LogP contribution in [0.15, 0.2) is 70.6 Å². The molecule has 7 heteroatoms. The Bertz CT molecular complexity index is 886. The third-order valence-electron chi connectivity index (χ3n) is 3.23. The highest BCUT2D eigenvalue weighted by molar-refractivity contribution is 7.96. The average Bonchev–Trinajstić information content (AvgIpc) is 2.55. The van der Waals surface area contributed by atoms with Gasteiger partial charge in [-0.15, -0.1) is 0 Å². The van der Waals surface area contributed by atoms with Crippen molar-refractivity contribution in [3.63, 3.8) is 0 Å². The van der Waals surface area contributed by atoms with Crippen LogP contribution in [0.25, 0.3) is 0 Å². The van der Waals surface area contributed by atoms with Crippen molar-refractivity contribution in [3.8, 4) is 0 Å². The molecule has 0 aliphatic carbocycles. The van der Waals surface area contributed by atoms with Crippen LogP contribution in [0.2, 0.25) is 0 Å². The molecule has 124 valence electrons. The van der Waals surface area contributed by atoms with Gasteiger partial charge in [-0.05, 0) is 31.2 Å². The topological polar surface area (TPSA) is 106 Å². The molecule has 0 fully saturated rings. The number of carbonyl (C=O) groups is 2. The van der Waals surface area contributed by atoms with E-state index in [0.717, 1.165) is 11.8 Å². The standard InChI is InChI=1S/C17H16N2O4S/c1-12-7-9-13(10-8-12)17(21)19-11-15(16(18)20)24(22,23)14-5-3-2-4-6-14/h2-11H,1H3,(H2,18,20)(H,19,21)/b15-11+. The van der Waals surface area contributed by atoms with Gasteiger partial charge in [0.1, 0.15) is 0 Å². The summed E-state index contributed by atoms with van der Waals surface area (Å²) in [5.41, 5.74) is 6.48. The molecular formula is C17H16N2O4S. The highest BCUT2D eigenvalue weighted by Crippen LogP contribution is 2.18. The molecule has 0 radical (unpaired) electrons. The molecule has 0 saturated carbocycles. The number of benzene rings is 2. The van der Waals surface area contributed by atoms with E-state index in [4.69, 9.17) is 5.73 Å². The van der Waals surface area contributed by atoms with Crippen molar-refractivity contribution in [1.29, 1.82) is 0 Å². The predicted octanol–water partition coefficient (Wildman–Crippen LogP) is 1.53. The SMILES string of the molecule is Cc1ccc(C(=O)N/C=C(\C(N)=O)S(=O)(=O)c2ccccc2)cc1. The zero-order valence-electron chi connectivity index (χ0n) is 12.9. The van der Waals surface area contributed by atoms with Crippen molar-refractivity contribution in [2.75, 3.05) is 0 Å². The van der Waals surface area contributed by atoms with Crippen molar-refractivity contribution < 1.29 is 18.0 Å². The van der Waals surface area contributed by atoms with E-state index < -0.39 is 26.6 Å². The van der Waals surface area contributed by atoms with Gasteiger partial charge in [0.25, 0.3) is 11.8 Å². The van der Waals surface area contributed by atoms with E-state index in [1.807, 2.05) is 6.92 Å². The first kappa shape index (κ1) is 17.4. The van der Waals surface area contributed by atoms with Crippen LogP contribution in [-0.2, 0) is 14.6 Å². The second kappa shape index (κ2) is 7.10. The van der Waals surface area contributed by atoms with Gasteiger partial charge in [-0.2, -0.15) is 0 Å². The number of carbonyl (C=O) groups excluding carboxylic acids is 2. The minimum Gasteiger partial charge on any atom is -0.365 e. The van der Waals surface area contributed by atoms with E-state index >= 15 is 0 Å². The average molecular weight is 344 g/mol. The summed E-state index contributed by atoms with van der Waals surface area (Å²) in [5.74, 6) is -1.69. The van der Waals surface area contributed by atoms with E-state index in [2.05, 4.69) is 5.32 Å². The smallest absolute Gasteiger partial charge is 0.262 e. The molecular weight excluding hydrogens is 328 g/mol. The number of hydrogen-bond acceptors (Lipinski definition) is 4. The summed E-state index contributed by atoms with van der Waals surface area (Å²) >= 11 is 0. The number of amides is 2. The van der Waals surface area contributed by atoms with E-state index in [-0.39, 0.29) is 4.90 Å². The maximum atomic E-state index is 12.4. The minimum absolute atomic E-state index is 0.0837. The summed E-state index contributed by atoms with van der Waals surface area (Å²) in [4.78, 5) is 22.8. The number of rotatable bonds is 5. The maximum Gasteiger partial charge on any atom is 0.262 e. The van der Waals surface area contributed by atoms with Crippen LogP contribution in [0.3, 0.4) is 0 Å². The zero-order valence-corrected chi connectivity index (χ0v) is 13.7. The van der Waals surface area contributed by atoms with Crippen LogP contribution in [-0.4, -0.2) is 20.2 Å². The minimum atomic E-state index is -4.11. The molecule has 0 aliphatic heterocycles. The Morgan fingerprint density at radius 1 is 1.00 bits per heavy atom. The largest absolute Gasteiger partial charge is 0.365 e. The summed E-state index contributed by atoms with van der Waals surface area (Å²) in [7, 11) is -4.11. The first-order chi connectivity index (χ1) is 11.3. The first-order valence-electron chi connectivity index (χ1n) is 7.00. The molecule has 0 spiro atoms. The molecule has 0 saturated heterocycles. The molecule has 0 aromatic heterocycles. The molecule has 0 bridgehead atoms. The van der Waals surface area contributed by atoms with Crippen molar-refractivity contribution in [2.45, 2.75) is 11.8 Å². The maximum absolute atomic E-state index is 12.4. The normalized spacial score (nSPS) is 11.8. The zero-order chi connectivity index (χ0) is 17.7. The Hall–Kier alpha value is -2.93. The van der Waals surface area contributed by atoms with E-state index in [1.54, 1.807) is 30.3 Å². The lowest BCUT2D eigenvalue weighted by atomic mass is 10.1. The lowest BCUT2D eigenvalue weighted by Gasteiger charge is -2.07. The highest BCUT2D eigenvalue weighted by atomic mass is 32.2. The van der Waals surface area contributed by atoms with Gasteiger partial charge in [0.2, 0.25) is 9.84 Å². The predicted molar refractivity (Wildman–Crippen MR) is 89.6 cm³/mol. The van der Waals surface area contributed by atoms with Crippen molar-refractivity contribution in [3.05, 3.63) is 76.8 Å². The summed E-state index contributed by atoms with van der Waals surface area (Å²) in [6.45, 7) is 1.87. The molecule has 2 rings (SSSR count). The van der Waals surface area contributed by atoms with Crippen molar-refractivity contribution in [2.24, 2.45) is 5.73 Å². The van der Waals surface area contributed by atoms with Gasteiger partial charge >= 0.3 is 0 Å². The number of primary amides is 1. The van der Waals surface area contributed by atoms with E-state index in [0.29, 0.717) is 5.56 Å². The van der Waals surface area contributed by atoms with Crippen LogP contribution < -0.4 is 11.1 Å². The fourth-order valence-electron chi connectivity index (χ4n) is 1.93. The fraction of sp³-hybridized carbons (Fsp3) is 0.0588. The summed E-state index contributed by atoms with van der Waals surface area (Å²) < 4.78 is 24.9. The quantitative estimate of drug-likeness (QED) is 0.802. The Balaban J connectivity index is 2.31. The monoisotopic (exact) mass is 344 g/mol. The Labute approximate surface area is 139 Å². The molecule has 3 N–H and O–H groups in total. The third-order valence-corrected chi connectivity index (χ3v) is 5.02. The molecule has 0 unspecified atom stereocenters. The summed E-state index contributed by atoms with van der Waals surface area (Å²) in [6, 6.07) is 14.0. The van der Waals surface area contributed by atoms with Gasteiger partial charge in [0, 0.05) is 11.8 Å². The number of nitrogens with two attached hydrogens (primary N) is 1. The van der Waals surface area contributed by atoms with Gasteiger partial charge in [-0.3, -0.25) is 9.59 Å². The lowest BCUT2D eigenvalue weighted by Crippen LogP contribution is -2.26. The Kier molecular flexibility index (Phi) is 5.15. The Morgan fingerprint density at radius 2 is 1.58 bits per heavy atom. The van der Waals surface area contributed by atoms with Gasteiger partial charge in [-0.25, -0.2) is 8.42 Å². The van der Waals surface area contributed by atoms with Crippen LogP contribution in [0.4, 0.5) is 0 Å². The van der Waals surface area contributed by atoms with Crippen LogP contribution in [0, 0.1) is 6.92 Å². The molecule has 0 heterocycles. The first-order valence-corrected chi connectivity index (χ1v) is 8.48. The number of aryl methyl sites for hydroxylation is 1. The highest BCUT2D eigenvalue weighted by Gasteiger charge is 2.25. The lowest BCUT2D eigenvalue weighted by molar-refractivity contribution is -0.113. The number of nitrogens with one attached hydrogen (secondary N) is 1. The third kappa shape index (κ3) is 3.88. The second-order valence-electron chi connectivity index (χ2n) is 5.03.